The van der Waals surface area contributed by atoms with Gasteiger partial charge in [0.05, 0.1) is 0 Å². The van der Waals surface area contributed by atoms with Crippen molar-refractivity contribution in [2.75, 3.05) is 0 Å². The Morgan fingerprint density at radius 1 is 0.636 bits per heavy atom. The molecule has 0 aliphatic rings. The van der Waals surface area contributed by atoms with E-state index in [1.165, 1.54) is 0 Å². The molecule has 0 aromatic carbocycles. The lowest BCUT2D eigenvalue weighted by Crippen LogP contribution is -2.59. The van der Waals surface area contributed by atoms with E-state index in [2.05, 4.69) is 0 Å². The molecule has 0 aromatic rings. The van der Waals surface area contributed by atoms with Crippen LogP contribution in [0.15, 0.2) is 0 Å². The molecule has 11 heavy (non-hydrogen) atoms. The van der Waals surface area contributed by atoms with Crippen molar-refractivity contribution in [1.29, 1.82) is 0 Å². The lowest BCUT2D eigenvalue weighted by atomic mass is 9.25. The molecule has 0 aliphatic carbocycles. The van der Waals surface area contributed by atoms with Crippen molar-refractivity contribution in [3.63, 3.8) is 0 Å². The topological polar surface area (TPSA) is 40.5 Å². The van der Waals surface area contributed by atoms with Gasteiger partial charge in [0.1, 0.15) is 47.1 Å². The van der Waals surface area contributed by atoms with Crippen LogP contribution in [-0.2, 0) is 0 Å². The van der Waals surface area contributed by atoms with Crippen LogP contribution in [0.2, 0.25) is 5.21 Å². The molecular weight excluding hydrogens is 133 g/mol. The zero-order chi connectivity index (χ0) is 9.50. The molecular formula is C3H14B6O2. The van der Waals surface area contributed by atoms with Gasteiger partial charge in [0.2, 0.25) is 0 Å². The molecule has 2 N–H and O–H groups in total. The quantitative estimate of drug-likeness (QED) is 0.381. The van der Waals surface area contributed by atoms with E-state index in [9.17, 15) is 10.2 Å². The van der Waals surface area contributed by atoms with E-state index >= 15 is 0 Å². The Labute approximate surface area is 74.0 Å². The first-order chi connectivity index (χ1) is 4.50. The standard InChI is InChI=1S/C3H14B6O2/c4-1(5,2(6,7)10)3(8,9)11/h10-11H,4-9H2. The number of hydrogen-bond acceptors (Lipinski definition) is 2. The maximum Gasteiger partial charge on any atom is 0.130 e. The molecule has 56 valence electrons. The lowest BCUT2D eigenvalue weighted by Gasteiger charge is -2.47. The first-order valence-electron chi connectivity index (χ1n) is 3.95. The predicted octanol–water partition coefficient (Wildman–Crippen LogP) is -6.81. The van der Waals surface area contributed by atoms with Gasteiger partial charge in [-0.15, -0.1) is 0 Å². The van der Waals surface area contributed by atoms with Gasteiger partial charge in [0.15, 0.2) is 0 Å². The summed E-state index contributed by atoms with van der Waals surface area (Å²) in [6, 6.07) is 0. The summed E-state index contributed by atoms with van der Waals surface area (Å²) in [6.07, 6.45) is 0. The summed E-state index contributed by atoms with van der Waals surface area (Å²) in [6.45, 7) is 0. The summed E-state index contributed by atoms with van der Waals surface area (Å²) in [5.74, 6) is 0. The van der Waals surface area contributed by atoms with Crippen molar-refractivity contribution in [3.05, 3.63) is 0 Å². The highest BCUT2D eigenvalue weighted by molar-refractivity contribution is 6.60. The third-order valence-corrected chi connectivity index (χ3v) is 3.06. The molecule has 0 saturated heterocycles. The fraction of sp³-hybridized carbons (Fsp3) is 1.00. The first kappa shape index (κ1) is 11.3. The Balaban J connectivity index is 4.75. The minimum atomic E-state index is -0.870. The second kappa shape index (κ2) is 2.67. The van der Waals surface area contributed by atoms with Crippen molar-refractivity contribution in [2.45, 2.75) is 16.0 Å². The van der Waals surface area contributed by atoms with Crippen LogP contribution in [0.25, 0.3) is 0 Å². The van der Waals surface area contributed by atoms with Crippen molar-refractivity contribution in [3.8, 4) is 0 Å². The van der Waals surface area contributed by atoms with Gasteiger partial charge < -0.3 is 10.2 Å². The van der Waals surface area contributed by atoms with Gasteiger partial charge in [0, 0.05) is 0 Å². The van der Waals surface area contributed by atoms with Crippen LogP contribution >= 0.6 is 0 Å². The van der Waals surface area contributed by atoms with Gasteiger partial charge in [0.25, 0.3) is 0 Å². The Kier molecular flexibility index (Phi) is 2.74. The van der Waals surface area contributed by atoms with Crippen molar-refractivity contribution in [1.82, 2.24) is 0 Å². The number of aliphatic hydroxyl groups is 2. The normalized spacial score (nSPS) is 14.7. The molecule has 0 aliphatic heterocycles. The Morgan fingerprint density at radius 3 is 0.818 bits per heavy atom. The van der Waals surface area contributed by atoms with Crippen LogP contribution in [-0.4, -0.2) is 68.1 Å². The summed E-state index contributed by atoms with van der Waals surface area (Å²) in [4.78, 5) is 0. The minimum absolute atomic E-state index is 0.514. The highest BCUT2D eigenvalue weighted by atomic mass is 16.3. The van der Waals surface area contributed by atoms with E-state index < -0.39 is 16.0 Å². The van der Waals surface area contributed by atoms with Crippen LogP contribution in [0.1, 0.15) is 0 Å². The largest absolute Gasteiger partial charge is 0.408 e. The molecule has 0 rings (SSSR count). The molecule has 0 unspecified atom stereocenters. The van der Waals surface area contributed by atoms with Crippen LogP contribution < -0.4 is 0 Å². The van der Waals surface area contributed by atoms with Crippen molar-refractivity contribution in [2.24, 2.45) is 0 Å². The summed E-state index contributed by atoms with van der Waals surface area (Å²) < 4.78 is 0. The Bertz CT molecular complexity index is 127. The number of rotatable bonds is 2. The first-order valence-corrected chi connectivity index (χ1v) is 3.95. The van der Waals surface area contributed by atoms with Gasteiger partial charge in [-0.25, -0.2) is 0 Å². The van der Waals surface area contributed by atoms with Gasteiger partial charge in [-0.05, 0) is 10.8 Å². The monoisotopic (exact) mass is 148 g/mol. The molecule has 2 nitrogen and oxygen atoms in total. The van der Waals surface area contributed by atoms with Crippen molar-refractivity contribution < 1.29 is 10.2 Å². The van der Waals surface area contributed by atoms with Gasteiger partial charge in [-0.3, -0.25) is 0 Å². The summed E-state index contributed by atoms with van der Waals surface area (Å²) in [5, 5.41) is 17.2. The maximum absolute atomic E-state index is 9.72. The third kappa shape index (κ3) is 2.12. The summed E-state index contributed by atoms with van der Waals surface area (Å²) >= 11 is 0. The van der Waals surface area contributed by atoms with Gasteiger partial charge in [-0.2, -0.15) is 0 Å². The molecule has 0 saturated carbocycles. The van der Waals surface area contributed by atoms with Crippen LogP contribution in [0.4, 0.5) is 0 Å². The number of hydrogen-bond donors (Lipinski definition) is 2. The molecule has 0 atom stereocenters. The van der Waals surface area contributed by atoms with Gasteiger partial charge in [-0.1, -0.05) is 5.21 Å². The summed E-state index contributed by atoms with van der Waals surface area (Å²) in [5.41, 5.74) is 0. The second-order valence-corrected chi connectivity index (χ2v) is 4.74. The Morgan fingerprint density at radius 2 is 0.818 bits per heavy atom. The predicted molar refractivity (Wildman–Crippen MR) is 63.9 cm³/mol. The lowest BCUT2D eigenvalue weighted by molar-refractivity contribution is 0.102. The molecule has 0 amide bonds. The van der Waals surface area contributed by atoms with Gasteiger partial charge >= 0.3 is 0 Å². The fourth-order valence-corrected chi connectivity index (χ4v) is 0.749. The molecule has 0 aromatic heterocycles. The average Bonchev–Trinajstić information content (AvgIpc) is 1.58. The SMILES string of the molecule is BC(B)(O)C(B)(B)C(B)(B)O. The highest BCUT2D eigenvalue weighted by Crippen LogP contribution is 2.35. The minimum Gasteiger partial charge on any atom is -0.408 e. The highest BCUT2D eigenvalue weighted by Gasteiger charge is 2.44. The smallest absolute Gasteiger partial charge is 0.130 e. The van der Waals surface area contributed by atoms with Crippen LogP contribution in [0.3, 0.4) is 0 Å². The van der Waals surface area contributed by atoms with Crippen molar-refractivity contribution >= 4 is 47.1 Å². The molecule has 0 heterocycles. The van der Waals surface area contributed by atoms with Crippen LogP contribution in [0, 0.1) is 0 Å². The molecule has 0 bridgehead atoms. The second-order valence-electron chi connectivity index (χ2n) is 4.74. The van der Waals surface area contributed by atoms with E-state index in [0.717, 1.165) is 0 Å². The molecule has 0 fully saturated rings. The van der Waals surface area contributed by atoms with Crippen LogP contribution in [0.5, 0.6) is 0 Å². The van der Waals surface area contributed by atoms with E-state index in [0.29, 0.717) is 0 Å². The Hall–Kier alpha value is 0.310. The van der Waals surface area contributed by atoms with E-state index in [4.69, 9.17) is 0 Å². The van der Waals surface area contributed by atoms with E-state index in [-0.39, 0.29) is 0 Å². The summed E-state index contributed by atoms with van der Waals surface area (Å²) in [7, 11) is 10.6. The zero-order valence-corrected chi connectivity index (χ0v) is 8.39. The molecule has 0 spiro atoms. The average molecular weight is 147 g/mol. The fourth-order valence-electron chi connectivity index (χ4n) is 0.749. The maximum atomic E-state index is 9.72. The van der Waals surface area contributed by atoms with E-state index in [1.807, 2.05) is 15.7 Å². The third-order valence-electron chi connectivity index (χ3n) is 3.06. The molecule has 0 radical (unpaired) electrons. The molecule has 8 heteroatoms. The van der Waals surface area contributed by atoms with E-state index in [1.54, 1.807) is 31.4 Å². The zero-order valence-electron chi connectivity index (χ0n) is 8.39.